The number of benzene rings is 1. The van der Waals surface area contributed by atoms with Gasteiger partial charge in [0, 0.05) is 18.5 Å². The molecular weight excluding hydrogens is 250 g/mol. The Kier molecular flexibility index (Phi) is 4.05. The van der Waals surface area contributed by atoms with Crippen molar-refractivity contribution in [2.45, 2.75) is 12.4 Å². The Morgan fingerprint density at radius 1 is 1.33 bits per heavy atom. The fourth-order valence-corrected chi connectivity index (χ4v) is 1.88. The summed E-state index contributed by atoms with van der Waals surface area (Å²) >= 11 is 5.76. The Hall–Kier alpha value is -1.74. The van der Waals surface area contributed by atoms with Crippen LogP contribution >= 0.6 is 11.6 Å². The number of alkyl halides is 1. The van der Waals surface area contributed by atoms with Crippen molar-refractivity contribution < 1.29 is 9.21 Å². The van der Waals surface area contributed by atoms with Crippen LogP contribution in [-0.4, -0.2) is 17.9 Å². The van der Waals surface area contributed by atoms with Crippen LogP contribution in [0.5, 0.6) is 0 Å². The van der Waals surface area contributed by atoms with E-state index >= 15 is 0 Å². The predicted molar refractivity (Wildman–Crippen MR) is 70.5 cm³/mol. The van der Waals surface area contributed by atoms with Crippen molar-refractivity contribution in [1.82, 2.24) is 4.90 Å². The number of rotatable bonds is 4. The molecule has 0 unspecified atom stereocenters. The lowest BCUT2D eigenvalue weighted by Gasteiger charge is -2.16. The van der Waals surface area contributed by atoms with Crippen LogP contribution in [0, 0.1) is 0 Å². The van der Waals surface area contributed by atoms with Gasteiger partial charge in [-0.05, 0) is 29.8 Å². The number of carbonyl (C=O) groups excluding carboxylic acids is 1. The molecule has 0 saturated heterocycles. The molecule has 0 saturated carbocycles. The molecule has 0 spiro atoms. The molecular formula is C14H14ClNO2. The SMILES string of the molecule is CN(Cc1ccco1)C(=O)c1cccc(CCl)c1. The highest BCUT2D eigenvalue weighted by molar-refractivity contribution is 6.17. The molecule has 1 heterocycles. The first-order valence-corrected chi connectivity index (χ1v) is 6.17. The lowest BCUT2D eigenvalue weighted by Crippen LogP contribution is -2.26. The monoisotopic (exact) mass is 263 g/mol. The molecule has 0 fully saturated rings. The summed E-state index contributed by atoms with van der Waals surface area (Å²) in [5, 5.41) is 0. The van der Waals surface area contributed by atoms with Crippen LogP contribution in [0.3, 0.4) is 0 Å². The van der Waals surface area contributed by atoms with Crippen molar-refractivity contribution in [2.24, 2.45) is 0 Å². The third kappa shape index (κ3) is 2.93. The van der Waals surface area contributed by atoms with Gasteiger partial charge in [0.15, 0.2) is 0 Å². The minimum atomic E-state index is -0.0432. The van der Waals surface area contributed by atoms with E-state index in [1.807, 2.05) is 30.3 Å². The number of halogens is 1. The third-order valence-corrected chi connectivity index (χ3v) is 2.96. The van der Waals surface area contributed by atoms with Crippen LogP contribution in [0.2, 0.25) is 0 Å². The Morgan fingerprint density at radius 3 is 2.83 bits per heavy atom. The first-order chi connectivity index (χ1) is 8.70. The van der Waals surface area contributed by atoms with E-state index in [4.69, 9.17) is 16.0 Å². The van der Waals surface area contributed by atoms with E-state index < -0.39 is 0 Å². The molecule has 1 aromatic carbocycles. The van der Waals surface area contributed by atoms with Crippen LogP contribution in [0.4, 0.5) is 0 Å². The van der Waals surface area contributed by atoms with Gasteiger partial charge in [0.1, 0.15) is 5.76 Å². The van der Waals surface area contributed by atoms with Gasteiger partial charge in [-0.3, -0.25) is 4.79 Å². The third-order valence-electron chi connectivity index (χ3n) is 2.65. The van der Waals surface area contributed by atoms with Gasteiger partial charge in [0.05, 0.1) is 12.8 Å². The Balaban J connectivity index is 2.10. The summed E-state index contributed by atoms with van der Waals surface area (Å²) in [7, 11) is 1.75. The lowest BCUT2D eigenvalue weighted by atomic mass is 10.1. The number of furan rings is 1. The number of hydrogen-bond donors (Lipinski definition) is 0. The zero-order valence-corrected chi connectivity index (χ0v) is 10.9. The number of amides is 1. The van der Waals surface area contributed by atoms with Gasteiger partial charge in [0.25, 0.3) is 5.91 Å². The van der Waals surface area contributed by atoms with Crippen LogP contribution < -0.4 is 0 Å². The van der Waals surface area contributed by atoms with Gasteiger partial charge in [-0.15, -0.1) is 11.6 Å². The highest BCUT2D eigenvalue weighted by Gasteiger charge is 2.13. The summed E-state index contributed by atoms with van der Waals surface area (Å²) in [5.74, 6) is 1.13. The maximum atomic E-state index is 12.2. The number of hydrogen-bond acceptors (Lipinski definition) is 2. The van der Waals surface area contributed by atoms with Gasteiger partial charge in [-0.2, -0.15) is 0 Å². The molecule has 1 aromatic heterocycles. The second-order valence-electron chi connectivity index (χ2n) is 4.07. The Bertz CT molecular complexity index is 522. The molecule has 3 nitrogen and oxygen atoms in total. The van der Waals surface area contributed by atoms with E-state index in [1.165, 1.54) is 0 Å². The standard InChI is InChI=1S/C14H14ClNO2/c1-16(10-13-6-3-7-18-13)14(17)12-5-2-4-11(8-12)9-15/h2-8H,9-10H2,1H3. The fraction of sp³-hybridized carbons (Fsp3) is 0.214. The van der Waals surface area contributed by atoms with Gasteiger partial charge < -0.3 is 9.32 Å². The maximum Gasteiger partial charge on any atom is 0.254 e. The van der Waals surface area contributed by atoms with Crippen LogP contribution in [0.25, 0.3) is 0 Å². The molecule has 0 aliphatic carbocycles. The highest BCUT2D eigenvalue weighted by Crippen LogP contribution is 2.12. The van der Waals surface area contributed by atoms with Crippen molar-refractivity contribution >= 4 is 17.5 Å². The molecule has 0 aliphatic rings. The molecule has 4 heteroatoms. The minimum absolute atomic E-state index is 0.0432. The molecule has 0 radical (unpaired) electrons. The van der Waals surface area contributed by atoms with Gasteiger partial charge in [-0.1, -0.05) is 12.1 Å². The summed E-state index contributed by atoms with van der Waals surface area (Å²) < 4.78 is 5.22. The van der Waals surface area contributed by atoms with Crippen molar-refractivity contribution in [3.63, 3.8) is 0 Å². The Morgan fingerprint density at radius 2 is 2.17 bits per heavy atom. The second kappa shape index (κ2) is 5.74. The summed E-state index contributed by atoms with van der Waals surface area (Å²) in [5.41, 5.74) is 1.58. The van der Waals surface area contributed by atoms with Gasteiger partial charge in [-0.25, -0.2) is 0 Å². The molecule has 18 heavy (non-hydrogen) atoms. The van der Waals surface area contributed by atoms with E-state index in [2.05, 4.69) is 0 Å². The normalized spacial score (nSPS) is 10.3. The summed E-state index contributed by atoms with van der Waals surface area (Å²) in [4.78, 5) is 13.8. The molecule has 0 aliphatic heterocycles. The first kappa shape index (κ1) is 12.7. The van der Waals surface area contributed by atoms with Crippen molar-refractivity contribution in [1.29, 1.82) is 0 Å². The van der Waals surface area contributed by atoms with E-state index in [9.17, 15) is 4.79 Å². The highest BCUT2D eigenvalue weighted by atomic mass is 35.5. The van der Waals surface area contributed by atoms with Gasteiger partial charge >= 0.3 is 0 Å². The topological polar surface area (TPSA) is 33.5 Å². The Labute approximate surface area is 111 Å². The predicted octanol–water partition coefficient (Wildman–Crippen LogP) is 3.29. The smallest absolute Gasteiger partial charge is 0.254 e. The van der Waals surface area contributed by atoms with Crippen molar-refractivity contribution in [2.75, 3.05) is 7.05 Å². The molecule has 0 N–H and O–H groups in total. The summed E-state index contributed by atoms with van der Waals surface area (Å²) in [6.45, 7) is 0.455. The van der Waals surface area contributed by atoms with E-state index in [1.54, 1.807) is 24.3 Å². The first-order valence-electron chi connectivity index (χ1n) is 5.63. The fourth-order valence-electron chi connectivity index (χ4n) is 1.72. The molecule has 94 valence electrons. The van der Waals surface area contributed by atoms with E-state index in [0.717, 1.165) is 11.3 Å². The average molecular weight is 264 g/mol. The number of carbonyl (C=O) groups is 1. The summed E-state index contributed by atoms with van der Waals surface area (Å²) in [6.07, 6.45) is 1.60. The second-order valence-corrected chi connectivity index (χ2v) is 4.34. The average Bonchev–Trinajstić information content (AvgIpc) is 2.90. The lowest BCUT2D eigenvalue weighted by molar-refractivity contribution is 0.0775. The zero-order valence-electron chi connectivity index (χ0n) is 10.1. The molecule has 2 rings (SSSR count). The maximum absolute atomic E-state index is 12.2. The van der Waals surface area contributed by atoms with Gasteiger partial charge in [0.2, 0.25) is 0 Å². The minimum Gasteiger partial charge on any atom is -0.467 e. The largest absolute Gasteiger partial charge is 0.467 e. The number of nitrogens with zero attached hydrogens (tertiary/aromatic N) is 1. The van der Waals surface area contributed by atoms with E-state index in [0.29, 0.717) is 18.0 Å². The van der Waals surface area contributed by atoms with E-state index in [-0.39, 0.29) is 5.91 Å². The van der Waals surface area contributed by atoms with Crippen LogP contribution in [-0.2, 0) is 12.4 Å². The van der Waals surface area contributed by atoms with Crippen LogP contribution in [0.1, 0.15) is 21.7 Å². The van der Waals surface area contributed by atoms with Crippen LogP contribution in [0.15, 0.2) is 47.1 Å². The van der Waals surface area contributed by atoms with Crippen molar-refractivity contribution in [3.8, 4) is 0 Å². The molecule has 1 amide bonds. The zero-order chi connectivity index (χ0) is 13.0. The molecule has 0 bridgehead atoms. The molecule has 0 atom stereocenters. The quantitative estimate of drug-likeness (QED) is 0.793. The van der Waals surface area contributed by atoms with Crippen molar-refractivity contribution in [3.05, 3.63) is 59.5 Å². The summed E-state index contributed by atoms with van der Waals surface area (Å²) in [6, 6.07) is 11.0. The molecule has 2 aromatic rings.